The molecule has 3 heterocycles. The van der Waals surface area contributed by atoms with Crippen LogP contribution in [0.5, 0.6) is 0 Å². The highest BCUT2D eigenvalue weighted by atomic mass is 32.2. The fraction of sp³-hybridized carbons (Fsp3) is 0.273. The van der Waals surface area contributed by atoms with Gasteiger partial charge in [-0.3, -0.25) is 4.79 Å². The number of amides is 1. The van der Waals surface area contributed by atoms with Crippen molar-refractivity contribution in [2.45, 2.75) is 17.6 Å². The zero-order valence-electron chi connectivity index (χ0n) is 16.5. The van der Waals surface area contributed by atoms with Gasteiger partial charge in [-0.1, -0.05) is 30.3 Å². The van der Waals surface area contributed by atoms with Crippen molar-refractivity contribution in [2.75, 3.05) is 26.3 Å². The van der Waals surface area contributed by atoms with Crippen LogP contribution in [0.2, 0.25) is 0 Å². The van der Waals surface area contributed by atoms with E-state index in [0.717, 1.165) is 11.3 Å². The molecule has 0 saturated carbocycles. The number of hydrogen-bond acceptors (Lipinski definition) is 5. The molecule has 5 rings (SSSR count). The van der Waals surface area contributed by atoms with Crippen LogP contribution in [0, 0.1) is 6.92 Å². The normalized spacial score (nSPS) is 17.3. The van der Waals surface area contributed by atoms with E-state index in [9.17, 15) is 13.2 Å². The van der Waals surface area contributed by atoms with Gasteiger partial charge in [0.2, 0.25) is 0 Å². The van der Waals surface area contributed by atoms with Crippen molar-refractivity contribution >= 4 is 15.7 Å². The third-order valence-corrected chi connectivity index (χ3v) is 7.24. The zero-order chi connectivity index (χ0) is 20.9. The summed E-state index contributed by atoms with van der Waals surface area (Å²) in [5.74, 6) is -0.494. The van der Waals surface area contributed by atoms with Crippen molar-refractivity contribution in [3.63, 3.8) is 0 Å². The molecule has 3 aromatic rings. The van der Waals surface area contributed by atoms with Gasteiger partial charge in [0, 0.05) is 24.2 Å². The first kappa shape index (κ1) is 19.0. The molecule has 30 heavy (non-hydrogen) atoms. The summed E-state index contributed by atoms with van der Waals surface area (Å²) in [5.41, 5.74) is 3.76. The van der Waals surface area contributed by atoms with E-state index in [0.29, 0.717) is 43.1 Å². The Morgan fingerprint density at radius 2 is 1.83 bits per heavy atom. The van der Waals surface area contributed by atoms with E-state index in [1.807, 2.05) is 31.2 Å². The lowest BCUT2D eigenvalue weighted by Gasteiger charge is -2.26. The molecular formula is C22H21N3O4S. The Balaban J connectivity index is 1.76. The first-order chi connectivity index (χ1) is 14.5. The Labute approximate surface area is 174 Å². The predicted octanol–water partition coefficient (Wildman–Crippen LogP) is 2.61. The molecule has 0 unspecified atom stereocenters. The summed E-state index contributed by atoms with van der Waals surface area (Å²) in [7, 11) is -3.57. The van der Waals surface area contributed by atoms with E-state index >= 15 is 0 Å². The lowest BCUT2D eigenvalue weighted by molar-refractivity contribution is 0.0298. The third-order valence-electron chi connectivity index (χ3n) is 5.54. The summed E-state index contributed by atoms with van der Waals surface area (Å²) < 4.78 is 33.1. The minimum atomic E-state index is -3.57. The van der Waals surface area contributed by atoms with Crippen molar-refractivity contribution in [2.24, 2.45) is 0 Å². The largest absolute Gasteiger partial charge is 0.378 e. The van der Waals surface area contributed by atoms with Crippen LogP contribution in [0.4, 0.5) is 0 Å². The van der Waals surface area contributed by atoms with Crippen LogP contribution in [0.25, 0.3) is 16.9 Å². The number of aromatic nitrogens is 2. The molecule has 1 fully saturated rings. The molecule has 2 aliphatic heterocycles. The summed E-state index contributed by atoms with van der Waals surface area (Å²) in [4.78, 5) is 15.3. The SMILES string of the molecule is Cc1cccc(-n2nc(C(=O)N3CCOCC3)c3c2-c2ccccc2S(=O)(=O)C3)c1. The van der Waals surface area contributed by atoms with E-state index in [1.165, 1.54) is 0 Å². The molecule has 7 nitrogen and oxygen atoms in total. The van der Waals surface area contributed by atoms with E-state index < -0.39 is 9.84 Å². The van der Waals surface area contributed by atoms with Crippen molar-refractivity contribution in [3.8, 4) is 16.9 Å². The number of benzene rings is 2. The number of aryl methyl sites for hydroxylation is 1. The van der Waals surface area contributed by atoms with E-state index in [2.05, 4.69) is 5.10 Å². The number of hydrogen-bond donors (Lipinski definition) is 0. The maximum Gasteiger partial charge on any atom is 0.274 e. The quantitative estimate of drug-likeness (QED) is 0.633. The predicted molar refractivity (Wildman–Crippen MR) is 111 cm³/mol. The number of sulfone groups is 1. The summed E-state index contributed by atoms with van der Waals surface area (Å²) >= 11 is 0. The molecule has 2 aromatic carbocycles. The number of fused-ring (bicyclic) bond motifs is 3. The second kappa shape index (κ2) is 7.07. The third kappa shape index (κ3) is 3.03. The molecule has 154 valence electrons. The molecule has 0 spiro atoms. The Bertz CT molecular complexity index is 1260. The Morgan fingerprint density at radius 3 is 2.60 bits per heavy atom. The smallest absolute Gasteiger partial charge is 0.274 e. The monoisotopic (exact) mass is 423 g/mol. The molecule has 0 N–H and O–H groups in total. The van der Waals surface area contributed by atoms with Gasteiger partial charge >= 0.3 is 0 Å². The molecule has 2 aliphatic rings. The van der Waals surface area contributed by atoms with E-state index in [1.54, 1.807) is 33.8 Å². The van der Waals surface area contributed by atoms with Gasteiger partial charge in [0.15, 0.2) is 15.5 Å². The van der Waals surface area contributed by atoms with Gasteiger partial charge in [-0.05, 0) is 30.7 Å². The molecule has 1 amide bonds. The molecule has 8 heteroatoms. The minimum Gasteiger partial charge on any atom is -0.378 e. The Hall–Kier alpha value is -2.97. The summed E-state index contributed by atoms with van der Waals surface area (Å²) in [6, 6.07) is 14.7. The van der Waals surface area contributed by atoms with E-state index in [4.69, 9.17) is 4.74 Å². The van der Waals surface area contributed by atoms with Crippen molar-refractivity contribution < 1.29 is 17.9 Å². The second-order valence-electron chi connectivity index (χ2n) is 7.59. The molecule has 0 atom stereocenters. The highest BCUT2D eigenvalue weighted by Gasteiger charge is 2.37. The number of rotatable bonds is 2. The van der Waals surface area contributed by atoms with Crippen LogP contribution in [0.3, 0.4) is 0 Å². The lowest BCUT2D eigenvalue weighted by Crippen LogP contribution is -2.41. The summed E-state index contributed by atoms with van der Waals surface area (Å²) in [5, 5.41) is 4.66. The molecule has 0 aliphatic carbocycles. The first-order valence-corrected chi connectivity index (χ1v) is 11.5. The number of morpholine rings is 1. The average molecular weight is 423 g/mol. The zero-order valence-corrected chi connectivity index (χ0v) is 17.4. The number of carbonyl (C=O) groups excluding carboxylic acids is 1. The molecule has 0 bridgehead atoms. The Kier molecular flexibility index (Phi) is 4.48. The van der Waals surface area contributed by atoms with Crippen molar-refractivity contribution in [1.82, 2.24) is 14.7 Å². The van der Waals surface area contributed by atoms with Gasteiger partial charge < -0.3 is 9.64 Å². The van der Waals surface area contributed by atoms with Crippen LogP contribution < -0.4 is 0 Å². The molecular weight excluding hydrogens is 402 g/mol. The van der Waals surface area contributed by atoms with Gasteiger partial charge in [0.05, 0.1) is 35.2 Å². The van der Waals surface area contributed by atoms with Crippen molar-refractivity contribution in [1.29, 1.82) is 0 Å². The molecule has 1 saturated heterocycles. The lowest BCUT2D eigenvalue weighted by atomic mass is 10.0. The van der Waals surface area contributed by atoms with E-state index in [-0.39, 0.29) is 22.2 Å². The standard InChI is InChI=1S/C22H21N3O4S/c1-15-5-4-6-16(13-15)25-21-17-7-2-3-8-19(17)30(27,28)14-18(21)20(23-25)22(26)24-9-11-29-12-10-24/h2-8,13H,9-12,14H2,1H3. The average Bonchev–Trinajstić information content (AvgIpc) is 3.12. The maximum absolute atomic E-state index is 13.3. The Morgan fingerprint density at radius 1 is 1.07 bits per heavy atom. The van der Waals surface area contributed by atoms with Crippen LogP contribution in [0.1, 0.15) is 21.6 Å². The fourth-order valence-corrected chi connectivity index (χ4v) is 5.69. The van der Waals surface area contributed by atoms with Crippen LogP contribution in [-0.2, 0) is 20.3 Å². The summed E-state index contributed by atoms with van der Waals surface area (Å²) in [6.45, 7) is 3.85. The van der Waals surface area contributed by atoms with Crippen LogP contribution >= 0.6 is 0 Å². The molecule has 0 radical (unpaired) electrons. The molecule has 1 aromatic heterocycles. The highest BCUT2D eigenvalue weighted by Crippen LogP contribution is 2.40. The van der Waals surface area contributed by atoms with Gasteiger partial charge in [0.25, 0.3) is 5.91 Å². The van der Waals surface area contributed by atoms with Crippen LogP contribution in [-0.4, -0.2) is 55.3 Å². The second-order valence-corrected chi connectivity index (χ2v) is 9.54. The maximum atomic E-state index is 13.3. The van der Waals surface area contributed by atoms with Gasteiger partial charge in [-0.25, -0.2) is 13.1 Å². The highest BCUT2D eigenvalue weighted by molar-refractivity contribution is 7.90. The van der Waals surface area contributed by atoms with Gasteiger partial charge in [-0.15, -0.1) is 0 Å². The first-order valence-electron chi connectivity index (χ1n) is 9.84. The summed E-state index contributed by atoms with van der Waals surface area (Å²) in [6.07, 6.45) is 0. The fourth-order valence-electron chi connectivity index (χ4n) is 4.10. The number of nitrogens with zero attached hydrogens (tertiary/aromatic N) is 3. The topological polar surface area (TPSA) is 81.5 Å². The van der Waals surface area contributed by atoms with Gasteiger partial charge in [-0.2, -0.15) is 5.10 Å². The van der Waals surface area contributed by atoms with Gasteiger partial charge in [0.1, 0.15) is 0 Å². The minimum absolute atomic E-state index is 0.200. The number of carbonyl (C=O) groups is 1. The van der Waals surface area contributed by atoms with Crippen molar-refractivity contribution in [3.05, 3.63) is 65.4 Å². The van der Waals surface area contributed by atoms with Crippen LogP contribution in [0.15, 0.2) is 53.4 Å². The number of ether oxygens (including phenoxy) is 1.